The van der Waals surface area contributed by atoms with Crippen LogP contribution in [0.3, 0.4) is 0 Å². The van der Waals surface area contributed by atoms with Crippen LogP contribution in [0.25, 0.3) is 0 Å². The third kappa shape index (κ3) is 4.88. The molecule has 3 N–H and O–H groups in total. The molecule has 1 heterocycles. The van der Waals surface area contributed by atoms with Gasteiger partial charge in [-0.15, -0.1) is 11.3 Å². The summed E-state index contributed by atoms with van der Waals surface area (Å²) < 4.78 is 0.710. The minimum Gasteiger partial charge on any atom is -0.396 e. The molecule has 4 nitrogen and oxygen atoms in total. The molecule has 0 aliphatic rings. The first-order valence-corrected chi connectivity index (χ1v) is 7.35. The van der Waals surface area contributed by atoms with Gasteiger partial charge in [0.05, 0.1) is 6.42 Å². The Morgan fingerprint density at radius 3 is 2.83 bits per heavy atom. The molecule has 1 unspecified atom stereocenters. The molecule has 0 aromatic carbocycles. The number of carbonyl (C=O) groups is 1. The lowest BCUT2D eigenvalue weighted by molar-refractivity contribution is -0.120. The van der Waals surface area contributed by atoms with Crippen LogP contribution in [0.2, 0.25) is 0 Å². The van der Waals surface area contributed by atoms with Gasteiger partial charge >= 0.3 is 0 Å². The number of amides is 1. The summed E-state index contributed by atoms with van der Waals surface area (Å²) in [4.78, 5) is 15.8. The molecule has 0 aliphatic carbocycles. The number of thiazole rings is 1. The van der Waals surface area contributed by atoms with Gasteiger partial charge in [0, 0.05) is 23.7 Å². The van der Waals surface area contributed by atoms with Gasteiger partial charge in [0.1, 0.15) is 0 Å². The number of rotatable bonds is 7. The Morgan fingerprint density at radius 1 is 1.61 bits per heavy atom. The number of aliphatic hydroxyl groups is 1. The third-order valence-electron chi connectivity index (χ3n) is 2.95. The summed E-state index contributed by atoms with van der Waals surface area (Å²) in [6, 6.07) is 0. The number of aromatic nitrogens is 1. The van der Waals surface area contributed by atoms with Gasteiger partial charge in [-0.2, -0.15) is 0 Å². The minimum atomic E-state index is 0.0136. The first-order valence-electron chi connectivity index (χ1n) is 6.13. The van der Waals surface area contributed by atoms with Crippen molar-refractivity contribution < 1.29 is 9.90 Å². The van der Waals surface area contributed by atoms with E-state index in [0.717, 1.165) is 23.4 Å². The van der Waals surface area contributed by atoms with Gasteiger partial charge in [-0.05, 0) is 31.5 Å². The van der Waals surface area contributed by atoms with E-state index in [1.165, 1.54) is 11.3 Å². The van der Waals surface area contributed by atoms with E-state index >= 15 is 0 Å². The van der Waals surface area contributed by atoms with E-state index in [2.05, 4.69) is 17.2 Å². The fraction of sp³-hybridized carbons (Fsp3) is 0.667. The average Bonchev–Trinajstić information content (AvgIpc) is 2.63. The maximum absolute atomic E-state index is 11.8. The minimum absolute atomic E-state index is 0.0136. The monoisotopic (exact) mass is 288 g/mol. The number of hydrogen-bond acceptors (Lipinski definition) is 4. The summed E-state index contributed by atoms with van der Waals surface area (Å²) in [7, 11) is 0. The number of carbonyl (C=O) groups excluding carboxylic acids is 1. The molecule has 1 aromatic heterocycles. The number of aromatic amines is 1. The van der Waals surface area contributed by atoms with Crippen molar-refractivity contribution in [3.8, 4) is 0 Å². The predicted molar refractivity (Wildman–Crippen MR) is 76.4 cm³/mol. The van der Waals surface area contributed by atoms with E-state index in [1.807, 2.05) is 6.92 Å². The van der Waals surface area contributed by atoms with Gasteiger partial charge in [-0.3, -0.25) is 4.79 Å². The SMILES string of the molecule is CCC(CCO)CNC(=O)Cc1sc(=S)[nH]c1C. The molecule has 0 saturated carbocycles. The first kappa shape index (κ1) is 15.3. The van der Waals surface area contributed by atoms with Crippen LogP contribution < -0.4 is 5.32 Å². The Hall–Kier alpha value is -0.720. The van der Waals surface area contributed by atoms with Crippen LogP contribution in [0.1, 0.15) is 30.3 Å². The molecular weight excluding hydrogens is 268 g/mol. The van der Waals surface area contributed by atoms with Crippen LogP contribution in [0, 0.1) is 16.8 Å². The second-order valence-electron chi connectivity index (χ2n) is 4.33. The number of H-pyrrole nitrogens is 1. The summed E-state index contributed by atoms with van der Waals surface area (Å²) in [5.41, 5.74) is 0.975. The Balaban J connectivity index is 2.42. The topological polar surface area (TPSA) is 65.1 Å². The molecule has 1 aromatic rings. The lowest BCUT2D eigenvalue weighted by atomic mass is 10.0. The molecule has 0 bridgehead atoms. The first-order chi connectivity index (χ1) is 8.56. The Kier molecular flexibility index (Phi) is 6.52. The normalized spacial score (nSPS) is 12.4. The number of aliphatic hydroxyl groups excluding tert-OH is 1. The molecule has 0 aliphatic heterocycles. The number of nitrogens with one attached hydrogen (secondary N) is 2. The molecule has 0 fully saturated rings. The fourth-order valence-electron chi connectivity index (χ4n) is 1.71. The maximum Gasteiger partial charge on any atom is 0.225 e. The van der Waals surface area contributed by atoms with Crippen molar-refractivity contribution in [3.63, 3.8) is 0 Å². The van der Waals surface area contributed by atoms with Crippen LogP contribution in [0.4, 0.5) is 0 Å². The standard InChI is InChI=1S/C12H20N2O2S2/c1-3-9(4-5-15)7-13-11(16)6-10-8(2)14-12(17)18-10/h9,15H,3-7H2,1-2H3,(H,13,16)(H,14,17). The molecule has 18 heavy (non-hydrogen) atoms. The molecule has 0 radical (unpaired) electrons. The van der Waals surface area contributed by atoms with Crippen molar-refractivity contribution in [1.29, 1.82) is 0 Å². The van der Waals surface area contributed by atoms with E-state index in [4.69, 9.17) is 17.3 Å². The van der Waals surface area contributed by atoms with Crippen molar-refractivity contribution >= 4 is 29.5 Å². The van der Waals surface area contributed by atoms with Crippen LogP contribution >= 0.6 is 23.6 Å². The highest BCUT2D eigenvalue weighted by molar-refractivity contribution is 7.73. The molecular formula is C12H20N2O2S2. The summed E-state index contributed by atoms with van der Waals surface area (Å²) in [6.45, 7) is 4.79. The van der Waals surface area contributed by atoms with Crippen molar-refractivity contribution in [1.82, 2.24) is 10.3 Å². The van der Waals surface area contributed by atoms with Crippen molar-refractivity contribution in [2.45, 2.75) is 33.1 Å². The zero-order valence-corrected chi connectivity index (χ0v) is 12.4. The summed E-state index contributed by atoms with van der Waals surface area (Å²) in [5.74, 6) is 0.365. The molecule has 6 heteroatoms. The summed E-state index contributed by atoms with van der Waals surface area (Å²) in [6.07, 6.45) is 2.07. The summed E-state index contributed by atoms with van der Waals surface area (Å²) >= 11 is 6.49. The van der Waals surface area contributed by atoms with Gasteiger partial charge in [-0.1, -0.05) is 13.3 Å². The molecule has 0 saturated heterocycles. The Labute approximate surface area is 116 Å². The number of hydrogen-bond donors (Lipinski definition) is 3. The van der Waals surface area contributed by atoms with Crippen molar-refractivity contribution in [2.24, 2.45) is 5.92 Å². The van der Waals surface area contributed by atoms with E-state index in [-0.39, 0.29) is 12.5 Å². The van der Waals surface area contributed by atoms with E-state index in [1.54, 1.807) is 0 Å². The zero-order valence-electron chi connectivity index (χ0n) is 10.8. The maximum atomic E-state index is 11.8. The second kappa shape index (κ2) is 7.66. The van der Waals surface area contributed by atoms with Gasteiger partial charge < -0.3 is 15.4 Å². The predicted octanol–water partition coefficient (Wildman–Crippen LogP) is 2.18. The van der Waals surface area contributed by atoms with Crippen LogP contribution in [-0.4, -0.2) is 29.1 Å². The van der Waals surface area contributed by atoms with Crippen LogP contribution in [0.5, 0.6) is 0 Å². The largest absolute Gasteiger partial charge is 0.396 e. The van der Waals surface area contributed by atoms with Crippen molar-refractivity contribution in [3.05, 3.63) is 14.5 Å². The highest BCUT2D eigenvalue weighted by Crippen LogP contribution is 2.15. The highest BCUT2D eigenvalue weighted by atomic mass is 32.1. The molecule has 102 valence electrons. The molecule has 1 rings (SSSR count). The Morgan fingerprint density at radius 2 is 2.33 bits per heavy atom. The zero-order chi connectivity index (χ0) is 13.5. The van der Waals surface area contributed by atoms with E-state index in [9.17, 15) is 4.79 Å². The average molecular weight is 288 g/mol. The van der Waals surface area contributed by atoms with Crippen LogP contribution in [0.15, 0.2) is 0 Å². The lowest BCUT2D eigenvalue weighted by Gasteiger charge is -2.14. The molecule has 1 amide bonds. The smallest absolute Gasteiger partial charge is 0.225 e. The highest BCUT2D eigenvalue weighted by Gasteiger charge is 2.11. The number of aryl methyl sites for hydroxylation is 1. The molecule has 0 spiro atoms. The van der Waals surface area contributed by atoms with E-state index in [0.29, 0.717) is 22.8 Å². The van der Waals surface area contributed by atoms with Gasteiger partial charge in [0.25, 0.3) is 0 Å². The van der Waals surface area contributed by atoms with Gasteiger partial charge in [0.15, 0.2) is 3.95 Å². The van der Waals surface area contributed by atoms with Gasteiger partial charge in [-0.25, -0.2) is 0 Å². The quantitative estimate of drug-likeness (QED) is 0.674. The molecule has 1 atom stereocenters. The summed E-state index contributed by atoms with van der Waals surface area (Å²) in [5, 5.41) is 11.8. The van der Waals surface area contributed by atoms with Crippen molar-refractivity contribution in [2.75, 3.05) is 13.2 Å². The van der Waals surface area contributed by atoms with Gasteiger partial charge in [0.2, 0.25) is 5.91 Å². The lowest BCUT2D eigenvalue weighted by Crippen LogP contribution is -2.30. The fourth-order valence-corrected chi connectivity index (χ4v) is 3.00. The second-order valence-corrected chi connectivity index (χ2v) is 6.10. The van der Waals surface area contributed by atoms with Crippen LogP contribution in [-0.2, 0) is 11.2 Å². The third-order valence-corrected chi connectivity index (χ3v) is 4.28. The Bertz CT molecular complexity index is 440. The van der Waals surface area contributed by atoms with E-state index < -0.39 is 0 Å².